The number of hydrogen-bond donors (Lipinski definition) is 0. The molecule has 1 aromatic heterocycles. The lowest BCUT2D eigenvalue weighted by Gasteiger charge is -2.05. The zero-order chi connectivity index (χ0) is 16.8. The Labute approximate surface area is 149 Å². The molecule has 1 heterocycles. The van der Waals surface area contributed by atoms with E-state index in [1.165, 1.54) is 0 Å². The van der Waals surface area contributed by atoms with Crippen molar-refractivity contribution in [2.45, 2.75) is 19.8 Å². The predicted molar refractivity (Wildman–Crippen MR) is 96.3 cm³/mol. The van der Waals surface area contributed by atoms with Gasteiger partial charge in [-0.3, -0.25) is 0 Å². The van der Waals surface area contributed by atoms with Gasteiger partial charge in [0.1, 0.15) is 27.9 Å². The van der Waals surface area contributed by atoms with Gasteiger partial charge in [0, 0.05) is 15.9 Å². The minimum atomic E-state index is 0.845. The van der Waals surface area contributed by atoms with Crippen molar-refractivity contribution < 1.29 is 9.47 Å². The third kappa shape index (κ3) is 4.43. The maximum atomic E-state index is 5.17. The van der Waals surface area contributed by atoms with E-state index in [1.54, 1.807) is 44.1 Å². The normalized spacial score (nSPS) is 10.4. The van der Waals surface area contributed by atoms with Crippen LogP contribution in [-0.4, -0.2) is 24.2 Å². The summed E-state index contributed by atoms with van der Waals surface area (Å²) in [6, 6.07) is 17.8. The van der Waals surface area contributed by atoms with Crippen LogP contribution in [0.5, 0.6) is 11.5 Å². The lowest BCUT2D eigenvalue weighted by molar-refractivity contribution is 0.414. The van der Waals surface area contributed by atoms with Crippen LogP contribution in [0, 0.1) is 0 Å². The van der Waals surface area contributed by atoms with Crippen molar-refractivity contribution in [2.75, 3.05) is 14.2 Å². The van der Waals surface area contributed by atoms with Crippen molar-refractivity contribution in [3.05, 3.63) is 60.9 Å². The Morgan fingerprint density at radius 1 is 0.667 bits per heavy atom. The molecule has 0 unspecified atom stereocenters. The lowest BCUT2D eigenvalue weighted by Crippen LogP contribution is -1.87. The smallest absolute Gasteiger partial charge is 0.118 e. The average Bonchev–Trinajstić information content (AvgIpc) is 2.63. The van der Waals surface area contributed by atoms with Gasteiger partial charge in [0.05, 0.1) is 14.2 Å². The Morgan fingerprint density at radius 3 is 1.46 bits per heavy atom. The number of ether oxygens (including phenoxy) is 2. The highest BCUT2D eigenvalue weighted by atomic mass is 32.2. The standard InChI is InChI=1S/C18H16N2O2S2/c1-21-13-3-7-15(8-4-13)23-17-11-18(20-12-19-17)24-16-9-5-14(22-2)6-10-16/h3-12H,1-2H3. The summed E-state index contributed by atoms with van der Waals surface area (Å²) >= 11 is 3.20. The molecule has 0 saturated heterocycles. The highest BCUT2D eigenvalue weighted by Crippen LogP contribution is 2.32. The first kappa shape index (κ1) is 16.7. The van der Waals surface area contributed by atoms with Gasteiger partial charge in [-0.1, -0.05) is 23.5 Å². The van der Waals surface area contributed by atoms with Crippen LogP contribution in [0.4, 0.5) is 0 Å². The highest BCUT2D eigenvalue weighted by Gasteiger charge is 2.04. The Morgan fingerprint density at radius 2 is 1.08 bits per heavy atom. The van der Waals surface area contributed by atoms with Crippen LogP contribution >= 0.6 is 23.5 Å². The second kappa shape index (κ2) is 8.08. The van der Waals surface area contributed by atoms with Crippen LogP contribution in [0.3, 0.4) is 0 Å². The van der Waals surface area contributed by atoms with Crippen LogP contribution in [0.25, 0.3) is 0 Å². The molecule has 2 aromatic carbocycles. The lowest BCUT2D eigenvalue weighted by atomic mass is 10.3. The Hall–Kier alpha value is -2.18. The van der Waals surface area contributed by atoms with E-state index in [1.807, 2.05) is 54.6 Å². The van der Waals surface area contributed by atoms with E-state index in [0.717, 1.165) is 31.3 Å². The SMILES string of the molecule is COc1ccc(Sc2cc(Sc3ccc(OC)cc3)ncn2)cc1. The van der Waals surface area contributed by atoms with Gasteiger partial charge in [-0.05, 0) is 48.5 Å². The van der Waals surface area contributed by atoms with Gasteiger partial charge in [-0.2, -0.15) is 0 Å². The molecule has 0 radical (unpaired) electrons. The molecule has 0 amide bonds. The third-order valence-electron chi connectivity index (χ3n) is 3.18. The largest absolute Gasteiger partial charge is 0.497 e. The first-order valence-electron chi connectivity index (χ1n) is 7.22. The van der Waals surface area contributed by atoms with Crippen molar-refractivity contribution in [2.24, 2.45) is 0 Å². The fraction of sp³-hybridized carbons (Fsp3) is 0.111. The van der Waals surface area contributed by atoms with Crippen LogP contribution in [-0.2, 0) is 0 Å². The topological polar surface area (TPSA) is 44.2 Å². The van der Waals surface area contributed by atoms with Crippen molar-refractivity contribution in [1.29, 1.82) is 0 Å². The molecule has 6 heteroatoms. The summed E-state index contributed by atoms with van der Waals surface area (Å²) in [4.78, 5) is 10.9. The molecule has 0 atom stereocenters. The molecule has 3 rings (SSSR count). The summed E-state index contributed by atoms with van der Waals surface area (Å²) in [6.45, 7) is 0. The monoisotopic (exact) mass is 356 g/mol. The molecule has 24 heavy (non-hydrogen) atoms. The first-order chi connectivity index (χ1) is 11.8. The average molecular weight is 356 g/mol. The summed E-state index contributed by atoms with van der Waals surface area (Å²) in [5.41, 5.74) is 0. The Kier molecular flexibility index (Phi) is 5.61. The van der Waals surface area contributed by atoms with E-state index in [2.05, 4.69) is 9.97 Å². The molecule has 0 aliphatic rings. The second-order valence-corrected chi connectivity index (χ2v) is 6.94. The minimum absolute atomic E-state index is 0.845. The molecule has 0 spiro atoms. The molecular formula is C18H16N2O2S2. The molecule has 0 bridgehead atoms. The van der Waals surface area contributed by atoms with Crippen molar-refractivity contribution in [3.63, 3.8) is 0 Å². The number of methoxy groups -OCH3 is 2. The van der Waals surface area contributed by atoms with Gasteiger partial charge in [-0.15, -0.1) is 0 Å². The molecule has 0 saturated carbocycles. The van der Waals surface area contributed by atoms with Crippen molar-refractivity contribution in [1.82, 2.24) is 9.97 Å². The number of aromatic nitrogens is 2. The fourth-order valence-corrected chi connectivity index (χ4v) is 3.61. The summed E-state index contributed by atoms with van der Waals surface area (Å²) in [5, 5.41) is 1.82. The molecule has 122 valence electrons. The molecule has 3 aromatic rings. The summed E-state index contributed by atoms with van der Waals surface area (Å²) in [7, 11) is 3.32. The van der Waals surface area contributed by atoms with E-state index in [0.29, 0.717) is 0 Å². The number of rotatable bonds is 6. The fourth-order valence-electron chi connectivity index (χ4n) is 1.96. The van der Waals surface area contributed by atoms with E-state index >= 15 is 0 Å². The molecule has 0 N–H and O–H groups in total. The number of nitrogens with zero attached hydrogens (tertiary/aromatic N) is 2. The second-order valence-electron chi connectivity index (χ2n) is 4.75. The van der Waals surface area contributed by atoms with E-state index in [-0.39, 0.29) is 0 Å². The van der Waals surface area contributed by atoms with Gasteiger partial charge < -0.3 is 9.47 Å². The van der Waals surface area contributed by atoms with E-state index < -0.39 is 0 Å². The van der Waals surface area contributed by atoms with Crippen LogP contribution in [0.2, 0.25) is 0 Å². The van der Waals surface area contributed by atoms with Crippen LogP contribution in [0.1, 0.15) is 0 Å². The molecular weight excluding hydrogens is 340 g/mol. The predicted octanol–water partition coefficient (Wildman–Crippen LogP) is 4.80. The Bertz CT molecular complexity index is 728. The maximum absolute atomic E-state index is 5.17. The third-order valence-corrected chi connectivity index (χ3v) is 5.06. The van der Waals surface area contributed by atoms with E-state index in [9.17, 15) is 0 Å². The van der Waals surface area contributed by atoms with Gasteiger partial charge in [-0.25, -0.2) is 9.97 Å². The van der Waals surface area contributed by atoms with Gasteiger partial charge in [0.15, 0.2) is 0 Å². The molecule has 0 fully saturated rings. The van der Waals surface area contributed by atoms with Crippen LogP contribution in [0.15, 0.2) is 80.8 Å². The molecule has 4 nitrogen and oxygen atoms in total. The quantitative estimate of drug-likeness (QED) is 0.591. The maximum Gasteiger partial charge on any atom is 0.118 e. The minimum Gasteiger partial charge on any atom is -0.497 e. The number of benzene rings is 2. The zero-order valence-electron chi connectivity index (χ0n) is 13.3. The van der Waals surface area contributed by atoms with E-state index in [4.69, 9.17) is 9.47 Å². The first-order valence-corrected chi connectivity index (χ1v) is 8.86. The van der Waals surface area contributed by atoms with Crippen LogP contribution < -0.4 is 9.47 Å². The van der Waals surface area contributed by atoms with Gasteiger partial charge in [0.25, 0.3) is 0 Å². The number of hydrogen-bond acceptors (Lipinski definition) is 6. The summed E-state index contributed by atoms with van der Waals surface area (Å²) < 4.78 is 10.3. The van der Waals surface area contributed by atoms with Crippen molar-refractivity contribution >= 4 is 23.5 Å². The highest BCUT2D eigenvalue weighted by molar-refractivity contribution is 8.00. The zero-order valence-corrected chi connectivity index (χ0v) is 14.9. The summed E-state index contributed by atoms with van der Waals surface area (Å²) in [6.07, 6.45) is 1.59. The van der Waals surface area contributed by atoms with Gasteiger partial charge in [0.2, 0.25) is 0 Å². The summed E-state index contributed by atoms with van der Waals surface area (Å²) in [5.74, 6) is 1.69. The van der Waals surface area contributed by atoms with Gasteiger partial charge >= 0.3 is 0 Å². The van der Waals surface area contributed by atoms with Crippen molar-refractivity contribution in [3.8, 4) is 11.5 Å². The molecule has 0 aliphatic carbocycles. The Balaban J connectivity index is 1.70. The molecule has 0 aliphatic heterocycles.